The van der Waals surface area contributed by atoms with E-state index in [2.05, 4.69) is 9.72 Å². The van der Waals surface area contributed by atoms with Crippen molar-refractivity contribution in [2.45, 2.75) is 0 Å². The second-order valence-corrected chi connectivity index (χ2v) is 3.52. The zero-order valence-electron chi connectivity index (χ0n) is 9.79. The number of nitrogens with two attached hydrogens (primary N) is 1. The largest absolute Gasteiger partial charge is 0.465 e. The Labute approximate surface area is 104 Å². The van der Waals surface area contributed by atoms with Crippen LogP contribution in [0, 0.1) is 0 Å². The van der Waals surface area contributed by atoms with Crippen molar-refractivity contribution in [3.63, 3.8) is 0 Å². The number of hydrogen-bond donors (Lipinski definition) is 1. The highest BCUT2D eigenvalue weighted by Gasteiger charge is 2.06. The molecule has 2 N–H and O–H groups in total. The minimum absolute atomic E-state index is 0.336. The molecule has 0 saturated carbocycles. The smallest absolute Gasteiger partial charge is 0.337 e. The summed E-state index contributed by atoms with van der Waals surface area (Å²) in [6.45, 7) is 0. The number of anilines is 1. The molecule has 5 heteroatoms. The van der Waals surface area contributed by atoms with Crippen LogP contribution in [0.1, 0.15) is 10.4 Å². The lowest BCUT2D eigenvalue weighted by atomic mass is 10.2. The third-order valence-electron chi connectivity index (χ3n) is 2.29. The highest BCUT2D eigenvalue weighted by atomic mass is 16.5. The van der Waals surface area contributed by atoms with Gasteiger partial charge in [-0.3, -0.25) is 0 Å². The predicted octanol–water partition coefficient (Wildman–Crippen LogP) is 2.24. The second-order valence-electron chi connectivity index (χ2n) is 3.52. The lowest BCUT2D eigenvalue weighted by Crippen LogP contribution is -2.00. The number of pyridine rings is 1. The van der Waals surface area contributed by atoms with Crippen LogP contribution in [0.15, 0.2) is 42.6 Å². The first kappa shape index (κ1) is 11.9. The predicted molar refractivity (Wildman–Crippen MR) is 66.5 cm³/mol. The molecule has 0 aliphatic carbocycles. The fourth-order valence-electron chi connectivity index (χ4n) is 1.38. The van der Waals surface area contributed by atoms with E-state index in [1.165, 1.54) is 7.11 Å². The number of nitrogen functional groups attached to an aromatic ring is 1. The second kappa shape index (κ2) is 5.18. The van der Waals surface area contributed by atoms with Crippen molar-refractivity contribution in [1.29, 1.82) is 0 Å². The van der Waals surface area contributed by atoms with Crippen LogP contribution in [0.25, 0.3) is 0 Å². The number of carbonyl (C=O) groups is 1. The fraction of sp³-hybridized carbons (Fsp3) is 0.0769. The lowest BCUT2D eigenvalue weighted by molar-refractivity contribution is 0.0600. The summed E-state index contributed by atoms with van der Waals surface area (Å²) < 4.78 is 10.1. The van der Waals surface area contributed by atoms with Crippen LogP contribution in [0.2, 0.25) is 0 Å². The van der Waals surface area contributed by atoms with Gasteiger partial charge in [-0.15, -0.1) is 0 Å². The summed E-state index contributed by atoms with van der Waals surface area (Å²) in [4.78, 5) is 15.3. The van der Waals surface area contributed by atoms with Gasteiger partial charge in [0, 0.05) is 6.20 Å². The number of esters is 1. The number of rotatable bonds is 3. The molecular formula is C13H12N2O3. The van der Waals surface area contributed by atoms with Crippen LogP contribution < -0.4 is 10.5 Å². The average molecular weight is 244 g/mol. The Morgan fingerprint density at radius 1 is 1.22 bits per heavy atom. The number of nitrogens with zero attached hydrogens (tertiary/aromatic N) is 1. The molecule has 0 fully saturated rings. The van der Waals surface area contributed by atoms with Crippen molar-refractivity contribution in [1.82, 2.24) is 4.98 Å². The number of carbonyl (C=O) groups excluding carboxylic acids is 1. The summed E-state index contributed by atoms with van der Waals surface area (Å²) in [5, 5.41) is 0. The molecule has 0 radical (unpaired) electrons. The molecule has 2 aromatic rings. The van der Waals surface area contributed by atoms with Gasteiger partial charge in [0.1, 0.15) is 5.75 Å². The van der Waals surface area contributed by atoms with Gasteiger partial charge in [-0.2, -0.15) is 0 Å². The molecule has 0 aliphatic rings. The van der Waals surface area contributed by atoms with Crippen molar-refractivity contribution < 1.29 is 14.3 Å². The third kappa shape index (κ3) is 2.57. The third-order valence-corrected chi connectivity index (χ3v) is 2.29. The van der Waals surface area contributed by atoms with Crippen LogP contribution >= 0.6 is 0 Å². The maximum Gasteiger partial charge on any atom is 0.337 e. The maximum absolute atomic E-state index is 11.2. The Kier molecular flexibility index (Phi) is 3.43. The average Bonchev–Trinajstić information content (AvgIpc) is 2.41. The molecule has 0 aliphatic heterocycles. The number of aromatic nitrogens is 1. The Hall–Kier alpha value is -2.56. The van der Waals surface area contributed by atoms with Gasteiger partial charge in [0.15, 0.2) is 0 Å². The highest BCUT2D eigenvalue weighted by Crippen LogP contribution is 2.24. The van der Waals surface area contributed by atoms with Gasteiger partial charge in [0.05, 0.1) is 18.4 Å². The van der Waals surface area contributed by atoms with E-state index in [0.29, 0.717) is 22.9 Å². The van der Waals surface area contributed by atoms with Gasteiger partial charge in [0.25, 0.3) is 0 Å². The number of methoxy groups -OCH3 is 1. The monoisotopic (exact) mass is 244 g/mol. The van der Waals surface area contributed by atoms with Gasteiger partial charge in [-0.05, 0) is 36.4 Å². The molecule has 0 bridgehead atoms. The molecule has 1 heterocycles. The number of benzene rings is 1. The van der Waals surface area contributed by atoms with E-state index in [9.17, 15) is 4.79 Å². The Morgan fingerprint density at radius 3 is 2.56 bits per heavy atom. The van der Waals surface area contributed by atoms with Gasteiger partial charge in [-0.1, -0.05) is 0 Å². The van der Waals surface area contributed by atoms with E-state index in [1.807, 2.05) is 0 Å². The molecule has 0 unspecified atom stereocenters. The minimum atomic E-state index is -0.390. The van der Waals surface area contributed by atoms with E-state index in [4.69, 9.17) is 10.5 Å². The zero-order valence-corrected chi connectivity index (χ0v) is 9.79. The molecule has 2 rings (SSSR count). The zero-order chi connectivity index (χ0) is 13.0. The molecule has 0 atom stereocenters. The first-order valence-electron chi connectivity index (χ1n) is 5.27. The van der Waals surface area contributed by atoms with E-state index < -0.39 is 0 Å². The van der Waals surface area contributed by atoms with E-state index in [-0.39, 0.29) is 5.97 Å². The molecule has 18 heavy (non-hydrogen) atoms. The van der Waals surface area contributed by atoms with E-state index in [0.717, 1.165) is 0 Å². The maximum atomic E-state index is 11.2. The molecule has 1 aromatic heterocycles. The van der Waals surface area contributed by atoms with Gasteiger partial charge >= 0.3 is 5.97 Å². The van der Waals surface area contributed by atoms with Crippen molar-refractivity contribution in [3.05, 3.63) is 48.2 Å². The first-order chi connectivity index (χ1) is 8.70. The number of ether oxygens (including phenoxy) is 2. The Balaban J connectivity index is 2.16. The van der Waals surface area contributed by atoms with Crippen molar-refractivity contribution in [2.75, 3.05) is 12.8 Å². The normalized spacial score (nSPS) is 9.83. The standard InChI is InChI=1S/C13H12N2O3/c1-17-13(16)9-4-6-10(7-5-9)18-12-11(14)3-2-8-15-12/h2-8H,14H2,1H3. The van der Waals surface area contributed by atoms with Crippen molar-refractivity contribution >= 4 is 11.7 Å². The first-order valence-corrected chi connectivity index (χ1v) is 5.27. The van der Waals surface area contributed by atoms with Crippen LogP contribution in [0.3, 0.4) is 0 Å². The van der Waals surface area contributed by atoms with Crippen LogP contribution in [0.5, 0.6) is 11.6 Å². The van der Waals surface area contributed by atoms with E-state index >= 15 is 0 Å². The topological polar surface area (TPSA) is 74.4 Å². The van der Waals surface area contributed by atoms with Crippen molar-refractivity contribution in [3.8, 4) is 11.6 Å². The van der Waals surface area contributed by atoms with Crippen molar-refractivity contribution in [2.24, 2.45) is 0 Å². The minimum Gasteiger partial charge on any atom is -0.465 e. The highest BCUT2D eigenvalue weighted by molar-refractivity contribution is 5.89. The summed E-state index contributed by atoms with van der Waals surface area (Å²) in [5.41, 5.74) is 6.62. The molecule has 5 nitrogen and oxygen atoms in total. The SMILES string of the molecule is COC(=O)c1ccc(Oc2ncccc2N)cc1. The Bertz CT molecular complexity index is 552. The Morgan fingerprint density at radius 2 is 1.94 bits per heavy atom. The van der Waals surface area contributed by atoms with Crippen LogP contribution in [-0.2, 0) is 4.74 Å². The molecule has 0 spiro atoms. The van der Waals surface area contributed by atoms with Gasteiger partial charge in [0.2, 0.25) is 5.88 Å². The molecule has 92 valence electrons. The molecule has 0 saturated heterocycles. The fourth-order valence-corrected chi connectivity index (χ4v) is 1.38. The summed E-state index contributed by atoms with van der Waals surface area (Å²) in [7, 11) is 1.33. The summed E-state index contributed by atoms with van der Waals surface area (Å²) >= 11 is 0. The summed E-state index contributed by atoms with van der Waals surface area (Å²) in [5.74, 6) is 0.496. The molecule has 1 aromatic carbocycles. The molecule has 0 amide bonds. The summed E-state index contributed by atoms with van der Waals surface area (Å²) in [6.07, 6.45) is 1.59. The number of hydrogen-bond acceptors (Lipinski definition) is 5. The quantitative estimate of drug-likeness (QED) is 0.838. The van der Waals surface area contributed by atoms with Crippen LogP contribution in [-0.4, -0.2) is 18.1 Å². The molecular weight excluding hydrogens is 232 g/mol. The van der Waals surface area contributed by atoms with E-state index in [1.54, 1.807) is 42.6 Å². The van der Waals surface area contributed by atoms with Crippen LogP contribution in [0.4, 0.5) is 5.69 Å². The van der Waals surface area contributed by atoms with Gasteiger partial charge in [-0.25, -0.2) is 9.78 Å². The van der Waals surface area contributed by atoms with Gasteiger partial charge < -0.3 is 15.2 Å². The summed E-state index contributed by atoms with van der Waals surface area (Å²) in [6, 6.07) is 9.95. The lowest BCUT2D eigenvalue weighted by Gasteiger charge is -2.07.